The quantitative estimate of drug-likeness (QED) is 0.746. The number of nitrogens with zero attached hydrogens (tertiary/aromatic N) is 2. The van der Waals surface area contributed by atoms with Crippen molar-refractivity contribution in [2.75, 3.05) is 6.61 Å². The van der Waals surface area contributed by atoms with E-state index in [-0.39, 0.29) is 12.4 Å². The van der Waals surface area contributed by atoms with Gasteiger partial charge in [0.2, 0.25) is 5.82 Å². The van der Waals surface area contributed by atoms with Gasteiger partial charge in [0.15, 0.2) is 11.8 Å². The third-order valence-corrected chi connectivity index (χ3v) is 3.77. The maximum atomic E-state index is 11.7. The number of Topliss-reactive ketones (excluding diaryl/α,β-unsaturated/α-hetero) is 1. The SMILES string of the molecule is [C-]#[N+]c1c2cc3ccccc3cc2cn1C(CO)C(C)=O. The van der Waals surface area contributed by atoms with Crippen LogP contribution in [0.3, 0.4) is 0 Å². The van der Waals surface area contributed by atoms with Gasteiger partial charge in [-0.1, -0.05) is 36.9 Å². The third kappa shape index (κ3) is 2.08. The summed E-state index contributed by atoms with van der Waals surface area (Å²) < 4.78 is 1.58. The average Bonchev–Trinajstić information content (AvgIpc) is 2.82. The normalized spacial score (nSPS) is 12.4. The van der Waals surface area contributed by atoms with Crippen molar-refractivity contribution in [1.82, 2.24) is 4.57 Å². The molecule has 2 aromatic carbocycles. The number of fused-ring (bicyclic) bond motifs is 2. The molecule has 0 amide bonds. The summed E-state index contributed by atoms with van der Waals surface area (Å²) in [6.45, 7) is 8.53. The molecule has 4 heteroatoms. The van der Waals surface area contributed by atoms with Gasteiger partial charge in [0.05, 0.1) is 12.8 Å². The van der Waals surface area contributed by atoms with E-state index in [1.54, 1.807) is 10.8 Å². The van der Waals surface area contributed by atoms with Crippen LogP contribution in [0.15, 0.2) is 42.6 Å². The molecule has 0 aliphatic heterocycles. The van der Waals surface area contributed by atoms with Crippen molar-refractivity contribution in [3.05, 3.63) is 54.0 Å². The Hall–Kier alpha value is -2.64. The van der Waals surface area contributed by atoms with Crippen LogP contribution in [0, 0.1) is 6.57 Å². The molecular formula is C17H14N2O2. The van der Waals surface area contributed by atoms with E-state index in [0.29, 0.717) is 5.82 Å². The lowest BCUT2D eigenvalue weighted by molar-refractivity contribution is -0.121. The second-order valence-corrected chi connectivity index (χ2v) is 5.07. The van der Waals surface area contributed by atoms with Gasteiger partial charge in [0.1, 0.15) is 0 Å². The Morgan fingerprint density at radius 3 is 2.52 bits per heavy atom. The van der Waals surface area contributed by atoms with Crippen LogP contribution in [0.4, 0.5) is 5.82 Å². The first kappa shape index (κ1) is 13.3. The predicted molar refractivity (Wildman–Crippen MR) is 82.5 cm³/mol. The number of hydrogen-bond acceptors (Lipinski definition) is 2. The zero-order valence-corrected chi connectivity index (χ0v) is 11.6. The van der Waals surface area contributed by atoms with Crippen molar-refractivity contribution in [3.8, 4) is 0 Å². The largest absolute Gasteiger partial charge is 0.392 e. The van der Waals surface area contributed by atoms with Crippen LogP contribution in [0.5, 0.6) is 0 Å². The minimum Gasteiger partial charge on any atom is -0.392 e. The van der Waals surface area contributed by atoms with Crippen LogP contribution in [-0.4, -0.2) is 22.1 Å². The van der Waals surface area contributed by atoms with Crippen LogP contribution in [0.25, 0.3) is 26.4 Å². The van der Waals surface area contributed by atoms with Crippen molar-refractivity contribution in [3.63, 3.8) is 0 Å². The summed E-state index contributed by atoms with van der Waals surface area (Å²) >= 11 is 0. The first-order valence-corrected chi connectivity index (χ1v) is 6.68. The first-order valence-electron chi connectivity index (χ1n) is 6.68. The number of ketones is 1. The summed E-state index contributed by atoms with van der Waals surface area (Å²) in [7, 11) is 0. The summed E-state index contributed by atoms with van der Waals surface area (Å²) in [5, 5.41) is 13.3. The summed E-state index contributed by atoms with van der Waals surface area (Å²) in [4.78, 5) is 15.2. The van der Waals surface area contributed by atoms with Gasteiger partial charge in [-0.05, 0) is 23.8 Å². The van der Waals surface area contributed by atoms with E-state index in [4.69, 9.17) is 6.57 Å². The van der Waals surface area contributed by atoms with E-state index >= 15 is 0 Å². The maximum Gasteiger partial charge on any atom is 0.238 e. The fourth-order valence-corrected chi connectivity index (χ4v) is 2.68. The van der Waals surface area contributed by atoms with Gasteiger partial charge in [-0.15, -0.1) is 0 Å². The molecule has 0 bridgehead atoms. The minimum absolute atomic E-state index is 0.160. The molecule has 0 aliphatic rings. The van der Waals surface area contributed by atoms with E-state index in [0.717, 1.165) is 21.5 Å². The zero-order valence-electron chi connectivity index (χ0n) is 11.6. The molecule has 0 fully saturated rings. The lowest BCUT2D eigenvalue weighted by atomic mass is 10.1. The third-order valence-electron chi connectivity index (χ3n) is 3.77. The molecule has 104 valence electrons. The number of hydrogen-bond donors (Lipinski definition) is 1. The number of rotatable bonds is 3. The molecule has 1 heterocycles. The summed E-state index contributed by atoms with van der Waals surface area (Å²) in [5.41, 5.74) is 0. The smallest absolute Gasteiger partial charge is 0.238 e. The van der Waals surface area contributed by atoms with E-state index in [1.165, 1.54) is 6.92 Å². The Bertz CT molecular complexity index is 887. The van der Waals surface area contributed by atoms with Gasteiger partial charge in [-0.3, -0.25) is 9.36 Å². The molecule has 1 unspecified atom stereocenters. The van der Waals surface area contributed by atoms with Crippen molar-refractivity contribution < 1.29 is 9.90 Å². The molecule has 21 heavy (non-hydrogen) atoms. The zero-order chi connectivity index (χ0) is 15.0. The van der Waals surface area contributed by atoms with Crippen molar-refractivity contribution in [2.45, 2.75) is 13.0 Å². The van der Waals surface area contributed by atoms with Crippen LogP contribution in [0.1, 0.15) is 13.0 Å². The fourth-order valence-electron chi connectivity index (χ4n) is 2.68. The monoisotopic (exact) mass is 278 g/mol. The maximum absolute atomic E-state index is 11.7. The molecule has 0 spiro atoms. The van der Waals surface area contributed by atoms with Gasteiger partial charge in [0.25, 0.3) is 0 Å². The van der Waals surface area contributed by atoms with E-state index in [9.17, 15) is 9.90 Å². The van der Waals surface area contributed by atoms with Gasteiger partial charge in [-0.25, -0.2) is 0 Å². The van der Waals surface area contributed by atoms with Crippen molar-refractivity contribution in [1.29, 1.82) is 0 Å². The Morgan fingerprint density at radius 1 is 1.29 bits per heavy atom. The predicted octanol–water partition coefficient (Wildman–Crippen LogP) is 3.47. The van der Waals surface area contributed by atoms with E-state index in [1.807, 2.05) is 36.4 Å². The standard InChI is InChI=1S/C17H14N2O2/c1-11(21)16(10-20)19-9-14-7-12-5-3-4-6-13(12)8-15(14)17(19)18-2/h3-9,16,20H,10H2,1H3. The molecule has 0 radical (unpaired) electrons. The fraction of sp³-hybridized carbons (Fsp3) is 0.176. The molecule has 1 N–H and O–H groups in total. The van der Waals surface area contributed by atoms with Crippen LogP contribution in [-0.2, 0) is 4.79 Å². The highest BCUT2D eigenvalue weighted by Gasteiger charge is 2.23. The minimum atomic E-state index is -0.704. The number of aromatic nitrogens is 1. The van der Waals surface area contributed by atoms with Crippen LogP contribution in [0.2, 0.25) is 0 Å². The molecule has 0 aliphatic carbocycles. The molecule has 1 atom stereocenters. The first-order chi connectivity index (χ1) is 10.2. The molecule has 3 aromatic rings. The Labute approximate surface area is 122 Å². The molecule has 3 rings (SSSR count). The summed E-state index contributed by atoms with van der Waals surface area (Å²) in [6, 6.07) is 11.2. The van der Waals surface area contributed by atoms with Crippen molar-refractivity contribution >= 4 is 33.1 Å². The summed E-state index contributed by atoms with van der Waals surface area (Å²) in [6.07, 6.45) is 1.78. The van der Waals surface area contributed by atoms with Gasteiger partial charge >= 0.3 is 0 Å². The van der Waals surface area contributed by atoms with Gasteiger partial charge in [0, 0.05) is 10.8 Å². The molecule has 0 saturated carbocycles. The summed E-state index contributed by atoms with van der Waals surface area (Å²) in [5.74, 6) is 0.234. The lowest BCUT2D eigenvalue weighted by Gasteiger charge is -2.10. The Balaban J connectivity index is 2.34. The number of carbonyl (C=O) groups is 1. The number of benzene rings is 2. The topological polar surface area (TPSA) is 46.6 Å². The Kier molecular flexibility index (Phi) is 3.20. The van der Waals surface area contributed by atoms with E-state index < -0.39 is 6.04 Å². The van der Waals surface area contributed by atoms with Crippen LogP contribution < -0.4 is 0 Å². The highest BCUT2D eigenvalue weighted by atomic mass is 16.3. The van der Waals surface area contributed by atoms with Crippen LogP contribution >= 0.6 is 0 Å². The van der Waals surface area contributed by atoms with Crippen molar-refractivity contribution in [2.24, 2.45) is 0 Å². The molecular weight excluding hydrogens is 264 g/mol. The van der Waals surface area contributed by atoms with Gasteiger partial charge < -0.3 is 9.95 Å². The number of aliphatic hydroxyl groups excluding tert-OH is 1. The van der Waals surface area contributed by atoms with E-state index in [2.05, 4.69) is 4.85 Å². The molecule has 4 nitrogen and oxygen atoms in total. The second-order valence-electron chi connectivity index (χ2n) is 5.07. The van der Waals surface area contributed by atoms with Gasteiger partial charge in [-0.2, -0.15) is 0 Å². The Morgan fingerprint density at radius 2 is 1.95 bits per heavy atom. The highest BCUT2D eigenvalue weighted by Crippen LogP contribution is 2.34. The number of carbonyl (C=O) groups excluding carboxylic acids is 1. The lowest BCUT2D eigenvalue weighted by Crippen LogP contribution is -2.19. The molecule has 1 aromatic heterocycles. The second kappa shape index (κ2) is 5.04. The average molecular weight is 278 g/mol. The molecule has 0 saturated heterocycles. The highest BCUT2D eigenvalue weighted by molar-refractivity contribution is 6.04. The number of aliphatic hydroxyl groups is 1.